The molecule has 0 amide bonds. The van der Waals surface area contributed by atoms with Crippen LogP contribution in [0.5, 0.6) is 0 Å². The molecule has 0 fully saturated rings. The predicted octanol–water partition coefficient (Wildman–Crippen LogP) is 4.47. The molecule has 1 aromatic heterocycles. The van der Waals surface area contributed by atoms with Gasteiger partial charge in [-0.25, -0.2) is 0 Å². The van der Waals surface area contributed by atoms with E-state index in [1.54, 1.807) is 4.68 Å². The van der Waals surface area contributed by atoms with Crippen molar-refractivity contribution in [2.45, 2.75) is 71.1 Å². The molecular formula is C16H29N3O. The molecule has 114 valence electrons. The van der Waals surface area contributed by atoms with Gasteiger partial charge in [0.05, 0.1) is 18.1 Å². The number of aromatic nitrogens is 2. The van der Waals surface area contributed by atoms with Gasteiger partial charge >= 0.3 is 0 Å². The smallest absolute Gasteiger partial charge is 0.0917 e. The molecule has 0 saturated carbocycles. The van der Waals surface area contributed by atoms with E-state index in [9.17, 15) is 0 Å². The molecule has 1 atom stereocenters. The molecule has 1 heterocycles. The molecular weight excluding hydrogens is 250 g/mol. The maximum Gasteiger partial charge on any atom is 0.0917 e. The van der Waals surface area contributed by atoms with Crippen molar-refractivity contribution in [3.8, 4) is 0 Å². The van der Waals surface area contributed by atoms with Gasteiger partial charge in [-0.1, -0.05) is 57.5 Å². The van der Waals surface area contributed by atoms with Gasteiger partial charge in [0, 0.05) is 12.6 Å². The van der Waals surface area contributed by atoms with Crippen molar-refractivity contribution in [3.05, 3.63) is 17.5 Å². The topological polar surface area (TPSA) is 50.4 Å². The van der Waals surface area contributed by atoms with E-state index in [4.69, 9.17) is 5.21 Å². The molecule has 1 N–H and O–H groups in total. The van der Waals surface area contributed by atoms with Gasteiger partial charge in [-0.05, 0) is 18.8 Å². The highest BCUT2D eigenvalue weighted by Crippen LogP contribution is 2.29. The fourth-order valence-electron chi connectivity index (χ4n) is 2.71. The minimum Gasteiger partial charge on any atom is -0.411 e. The van der Waals surface area contributed by atoms with Crippen LogP contribution in [-0.4, -0.2) is 21.2 Å². The van der Waals surface area contributed by atoms with Gasteiger partial charge in [0.25, 0.3) is 0 Å². The lowest BCUT2D eigenvalue weighted by molar-refractivity contribution is 0.321. The molecule has 0 aromatic carbocycles. The lowest BCUT2D eigenvalue weighted by atomic mass is 9.89. The lowest BCUT2D eigenvalue weighted by Crippen LogP contribution is -2.05. The second-order valence-corrected chi connectivity index (χ2v) is 5.54. The van der Waals surface area contributed by atoms with E-state index in [0.717, 1.165) is 5.69 Å². The van der Waals surface area contributed by atoms with E-state index in [-0.39, 0.29) is 0 Å². The molecule has 20 heavy (non-hydrogen) atoms. The summed E-state index contributed by atoms with van der Waals surface area (Å²) in [5.41, 5.74) is 2.17. The summed E-state index contributed by atoms with van der Waals surface area (Å²) >= 11 is 0. The first-order valence-electron chi connectivity index (χ1n) is 7.93. The Morgan fingerprint density at radius 3 is 2.55 bits per heavy atom. The molecule has 0 radical (unpaired) electrons. The maximum absolute atomic E-state index is 8.82. The van der Waals surface area contributed by atoms with Crippen LogP contribution in [0.4, 0.5) is 0 Å². The fraction of sp³-hybridized carbons (Fsp3) is 0.750. The van der Waals surface area contributed by atoms with Crippen LogP contribution in [0.15, 0.2) is 11.4 Å². The molecule has 1 aromatic rings. The monoisotopic (exact) mass is 279 g/mol. The van der Waals surface area contributed by atoms with Crippen LogP contribution < -0.4 is 0 Å². The van der Waals surface area contributed by atoms with E-state index in [0.29, 0.717) is 5.92 Å². The largest absolute Gasteiger partial charge is 0.411 e. The average molecular weight is 279 g/mol. The van der Waals surface area contributed by atoms with E-state index >= 15 is 0 Å². The third-order valence-electron chi connectivity index (χ3n) is 3.95. The van der Waals surface area contributed by atoms with E-state index in [2.05, 4.69) is 24.1 Å². The minimum absolute atomic E-state index is 0.536. The first-order chi connectivity index (χ1) is 9.74. The summed E-state index contributed by atoms with van der Waals surface area (Å²) in [6.45, 7) is 4.47. The fourth-order valence-corrected chi connectivity index (χ4v) is 2.71. The zero-order valence-corrected chi connectivity index (χ0v) is 13.2. The summed E-state index contributed by atoms with van der Waals surface area (Å²) in [5.74, 6) is 0.536. The normalized spacial score (nSPS) is 13.2. The highest BCUT2D eigenvalue weighted by Gasteiger charge is 2.17. The van der Waals surface area contributed by atoms with Crippen LogP contribution >= 0.6 is 0 Å². The average Bonchev–Trinajstić information content (AvgIpc) is 2.80. The van der Waals surface area contributed by atoms with E-state index in [1.807, 2.05) is 13.2 Å². The third kappa shape index (κ3) is 4.99. The Balaban J connectivity index is 2.75. The molecule has 0 bridgehead atoms. The predicted molar refractivity (Wildman–Crippen MR) is 83.6 cm³/mol. The van der Waals surface area contributed by atoms with Crippen molar-refractivity contribution in [1.82, 2.24) is 9.78 Å². The van der Waals surface area contributed by atoms with Crippen LogP contribution in [-0.2, 0) is 7.05 Å². The molecule has 0 saturated heterocycles. The molecule has 1 rings (SSSR count). The van der Waals surface area contributed by atoms with Gasteiger partial charge in [0.2, 0.25) is 0 Å². The Kier molecular flexibility index (Phi) is 8.00. The second kappa shape index (κ2) is 9.56. The summed E-state index contributed by atoms with van der Waals surface area (Å²) < 4.78 is 1.79. The van der Waals surface area contributed by atoms with Crippen molar-refractivity contribution in [2.24, 2.45) is 12.2 Å². The lowest BCUT2D eigenvalue weighted by Gasteiger charge is -2.16. The quantitative estimate of drug-likeness (QED) is 0.297. The van der Waals surface area contributed by atoms with Crippen LogP contribution in [0.3, 0.4) is 0 Å². The van der Waals surface area contributed by atoms with Gasteiger partial charge in [0.15, 0.2) is 0 Å². The molecule has 0 spiro atoms. The maximum atomic E-state index is 8.82. The van der Waals surface area contributed by atoms with Crippen molar-refractivity contribution in [1.29, 1.82) is 0 Å². The summed E-state index contributed by atoms with van der Waals surface area (Å²) in [4.78, 5) is 0. The Bertz CT molecular complexity index is 398. The summed E-state index contributed by atoms with van der Waals surface area (Å²) in [7, 11) is 1.90. The zero-order chi connectivity index (χ0) is 14.8. The number of aryl methyl sites for hydroxylation is 1. The Morgan fingerprint density at radius 2 is 1.90 bits per heavy atom. The van der Waals surface area contributed by atoms with Crippen LogP contribution in [0.25, 0.3) is 0 Å². The SMILES string of the molecule is CCCCCCC(CCCC)c1cnn(C)c1/C=N/O. The van der Waals surface area contributed by atoms with E-state index < -0.39 is 0 Å². The van der Waals surface area contributed by atoms with Crippen molar-refractivity contribution < 1.29 is 5.21 Å². The number of nitrogens with zero attached hydrogens (tertiary/aromatic N) is 3. The number of hydrogen-bond donors (Lipinski definition) is 1. The summed E-state index contributed by atoms with van der Waals surface area (Å²) in [5, 5.41) is 16.3. The second-order valence-electron chi connectivity index (χ2n) is 5.54. The highest BCUT2D eigenvalue weighted by molar-refractivity contribution is 5.79. The highest BCUT2D eigenvalue weighted by atomic mass is 16.4. The third-order valence-corrected chi connectivity index (χ3v) is 3.95. The zero-order valence-electron chi connectivity index (χ0n) is 13.2. The minimum atomic E-state index is 0.536. The number of unbranched alkanes of at least 4 members (excludes halogenated alkanes) is 4. The number of rotatable bonds is 10. The molecule has 0 aliphatic rings. The van der Waals surface area contributed by atoms with Crippen LogP contribution in [0.1, 0.15) is 82.4 Å². The summed E-state index contributed by atoms with van der Waals surface area (Å²) in [6, 6.07) is 0. The number of oxime groups is 1. The molecule has 0 aliphatic carbocycles. The van der Waals surface area contributed by atoms with Crippen LogP contribution in [0, 0.1) is 0 Å². The Labute approximate surface area is 122 Å². The van der Waals surface area contributed by atoms with Crippen molar-refractivity contribution >= 4 is 6.21 Å². The standard InChI is InChI=1S/C16H29N3O/c1-4-6-8-9-11-14(10-7-5-2)15-12-17-19(3)16(15)13-18-20/h12-14,20H,4-11H2,1-3H3/b18-13+. The molecule has 1 unspecified atom stereocenters. The van der Waals surface area contributed by atoms with Crippen molar-refractivity contribution in [2.75, 3.05) is 0 Å². The van der Waals surface area contributed by atoms with Gasteiger partial charge < -0.3 is 5.21 Å². The van der Waals surface area contributed by atoms with Gasteiger partial charge in [-0.3, -0.25) is 4.68 Å². The first kappa shape index (κ1) is 16.7. The molecule has 4 heteroatoms. The Morgan fingerprint density at radius 1 is 1.20 bits per heavy atom. The van der Waals surface area contributed by atoms with Crippen molar-refractivity contribution in [3.63, 3.8) is 0 Å². The number of hydrogen-bond acceptors (Lipinski definition) is 3. The van der Waals surface area contributed by atoms with Gasteiger partial charge in [-0.15, -0.1) is 0 Å². The van der Waals surface area contributed by atoms with Crippen LogP contribution in [0.2, 0.25) is 0 Å². The van der Waals surface area contributed by atoms with E-state index in [1.165, 1.54) is 63.1 Å². The van der Waals surface area contributed by atoms with Gasteiger partial charge in [-0.2, -0.15) is 5.10 Å². The molecule has 0 aliphatic heterocycles. The first-order valence-corrected chi connectivity index (χ1v) is 7.93. The Hall–Kier alpha value is -1.32. The summed E-state index contributed by atoms with van der Waals surface area (Å²) in [6.07, 6.45) is 13.5. The molecule has 4 nitrogen and oxygen atoms in total. The van der Waals surface area contributed by atoms with Gasteiger partial charge in [0.1, 0.15) is 0 Å².